The van der Waals surface area contributed by atoms with Crippen molar-refractivity contribution in [1.29, 1.82) is 0 Å². The minimum absolute atomic E-state index is 0.107. The topological polar surface area (TPSA) is 53.4 Å². The fourth-order valence-corrected chi connectivity index (χ4v) is 2.40. The smallest absolute Gasteiger partial charge is 0.305 e. The molecule has 5 heteroatoms. The Morgan fingerprint density at radius 3 is 2.80 bits per heavy atom. The lowest BCUT2D eigenvalue weighted by Crippen LogP contribution is -2.33. The van der Waals surface area contributed by atoms with Gasteiger partial charge in [-0.1, -0.05) is 11.6 Å². The lowest BCUT2D eigenvalue weighted by Gasteiger charge is -2.29. The molecule has 0 saturated heterocycles. The van der Waals surface area contributed by atoms with Crippen molar-refractivity contribution in [3.63, 3.8) is 0 Å². The number of hydrogen-bond acceptors (Lipinski definition) is 3. The normalized spacial score (nSPS) is 11.0. The van der Waals surface area contributed by atoms with Crippen LogP contribution in [-0.2, 0) is 4.79 Å². The zero-order valence-electron chi connectivity index (χ0n) is 11.5. The highest BCUT2D eigenvalue weighted by Gasteiger charge is 2.15. The van der Waals surface area contributed by atoms with Crippen LogP contribution >= 0.6 is 11.6 Å². The van der Waals surface area contributed by atoms with E-state index >= 15 is 0 Å². The first-order valence-electron chi connectivity index (χ1n) is 6.51. The number of halogens is 1. The molecule has 2 rings (SSSR count). The van der Waals surface area contributed by atoms with E-state index in [1.807, 2.05) is 38.1 Å². The van der Waals surface area contributed by atoms with Gasteiger partial charge in [0.05, 0.1) is 11.9 Å². The van der Waals surface area contributed by atoms with Gasteiger partial charge in [0, 0.05) is 34.9 Å². The number of fused-ring (bicyclic) bond motifs is 1. The van der Waals surface area contributed by atoms with Crippen LogP contribution in [0.5, 0.6) is 0 Å². The number of rotatable bonds is 5. The van der Waals surface area contributed by atoms with Gasteiger partial charge in [-0.3, -0.25) is 9.78 Å². The van der Waals surface area contributed by atoms with E-state index in [9.17, 15) is 4.79 Å². The van der Waals surface area contributed by atoms with Gasteiger partial charge >= 0.3 is 5.97 Å². The van der Waals surface area contributed by atoms with Crippen molar-refractivity contribution in [2.75, 3.05) is 11.4 Å². The largest absolute Gasteiger partial charge is 0.481 e. The van der Waals surface area contributed by atoms with E-state index in [1.54, 1.807) is 6.20 Å². The van der Waals surface area contributed by atoms with Crippen molar-refractivity contribution in [1.82, 2.24) is 4.98 Å². The first kappa shape index (κ1) is 14.6. The molecule has 0 aliphatic heterocycles. The van der Waals surface area contributed by atoms with E-state index in [4.69, 9.17) is 16.7 Å². The molecule has 0 amide bonds. The number of carboxylic acid groups (broad SMARTS) is 1. The van der Waals surface area contributed by atoms with Gasteiger partial charge in [0.25, 0.3) is 0 Å². The van der Waals surface area contributed by atoms with Gasteiger partial charge in [-0.2, -0.15) is 0 Å². The fraction of sp³-hybridized carbons (Fsp3) is 0.333. The average molecular weight is 293 g/mol. The highest BCUT2D eigenvalue weighted by atomic mass is 35.5. The van der Waals surface area contributed by atoms with Crippen LogP contribution in [0.25, 0.3) is 10.9 Å². The molecule has 0 bridgehead atoms. The van der Waals surface area contributed by atoms with Crippen molar-refractivity contribution in [2.45, 2.75) is 26.3 Å². The first-order chi connectivity index (χ1) is 9.49. The Kier molecular flexibility index (Phi) is 4.45. The van der Waals surface area contributed by atoms with Crippen LogP contribution in [0, 0.1) is 0 Å². The monoisotopic (exact) mass is 292 g/mol. The number of aromatic nitrogens is 1. The summed E-state index contributed by atoms with van der Waals surface area (Å²) >= 11 is 5.98. The van der Waals surface area contributed by atoms with Crippen LogP contribution in [0.4, 0.5) is 5.69 Å². The summed E-state index contributed by atoms with van der Waals surface area (Å²) in [5.74, 6) is -0.794. The van der Waals surface area contributed by atoms with Gasteiger partial charge in [-0.25, -0.2) is 0 Å². The Bertz CT molecular complexity index is 628. The van der Waals surface area contributed by atoms with Gasteiger partial charge in [0.1, 0.15) is 0 Å². The van der Waals surface area contributed by atoms with Gasteiger partial charge in [0.2, 0.25) is 0 Å². The number of carboxylic acids is 1. The number of pyridine rings is 1. The van der Waals surface area contributed by atoms with Crippen molar-refractivity contribution < 1.29 is 9.90 Å². The predicted octanol–water partition coefficient (Wildman–Crippen LogP) is 3.58. The lowest BCUT2D eigenvalue weighted by molar-refractivity contribution is -0.136. The molecule has 1 aromatic heterocycles. The zero-order valence-corrected chi connectivity index (χ0v) is 12.3. The van der Waals surface area contributed by atoms with Gasteiger partial charge in [0.15, 0.2) is 0 Å². The van der Waals surface area contributed by atoms with Crippen molar-refractivity contribution in [3.8, 4) is 0 Å². The average Bonchev–Trinajstić information content (AvgIpc) is 2.37. The SMILES string of the molecule is CC(C)N(CCC(=O)O)c1ccnc2cc(Cl)ccc12. The molecule has 0 fully saturated rings. The summed E-state index contributed by atoms with van der Waals surface area (Å²) in [6, 6.07) is 7.69. The second-order valence-corrected chi connectivity index (χ2v) is 5.36. The van der Waals surface area contributed by atoms with Gasteiger partial charge in [-0.05, 0) is 38.1 Å². The molecule has 0 unspecified atom stereocenters. The summed E-state index contributed by atoms with van der Waals surface area (Å²) in [6.45, 7) is 4.56. The number of benzene rings is 1. The van der Waals surface area contributed by atoms with E-state index in [-0.39, 0.29) is 12.5 Å². The third kappa shape index (κ3) is 3.20. The fourth-order valence-electron chi connectivity index (χ4n) is 2.23. The summed E-state index contributed by atoms with van der Waals surface area (Å²) in [4.78, 5) is 17.2. The van der Waals surface area contributed by atoms with E-state index in [0.717, 1.165) is 16.6 Å². The molecule has 1 heterocycles. The maximum atomic E-state index is 10.8. The van der Waals surface area contributed by atoms with E-state index in [1.165, 1.54) is 0 Å². The van der Waals surface area contributed by atoms with Crippen molar-refractivity contribution in [3.05, 3.63) is 35.5 Å². The molecule has 1 N–H and O–H groups in total. The van der Waals surface area contributed by atoms with Crippen LogP contribution < -0.4 is 4.90 Å². The van der Waals surface area contributed by atoms with Crippen molar-refractivity contribution >= 4 is 34.2 Å². The van der Waals surface area contributed by atoms with Crippen LogP contribution in [0.15, 0.2) is 30.5 Å². The molecule has 1 aromatic carbocycles. The van der Waals surface area contributed by atoms with Crippen LogP contribution in [0.2, 0.25) is 5.02 Å². The molecule has 4 nitrogen and oxygen atoms in total. The second kappa shape index (κ2) is 6.09. The van der Waals surface area contributed by atoms with Crippen molar-refractivity contribution in [2.24, 2.45) is 0 Å². The quantitative estimate of drug-likeness (QED) is 0.915. The van der Waals surface area contributed by atoms with Crippen LogP contribution in [-0.4, -0.2) is 28.6 Å². The minimum Gasteiger partial charge on any atom is -0.481 e. The number of nitrogens with zero attached hydrogens (tertiary/aromatic N) is 2. The lowest BCUT2D eigenvalue weighted by atomic mass is 10.1. The molecule has 106 valence electrons. The summed E-state index contributed by atoms with van der Waals surface area (Å²) in [5, 5.41) is 10.5. The maximum absolute atomic E-state index is 10.8. The Morgan fingerprint density at radius 1 is 1.40 bits per heavy atom. The number of anilines is 1. The third-order valence-electron chi connectivity index (χ3n) is 3.18. The summed E-state index contributed by atoms with van der Waals surface area (Å²) < 4.78 is 0. The predicted molar refractivity (Wildman–Crippen MR) is 81.5 cm³/mol. The molecular formula is C15H17ClN2O2. The Balaban J connectivity index is 2.45. The molecule has 2 aromatic rings. The number of aliphatic carboxylic acids is 1. The molecule has 0 saturated carbocycles. The molecular weight excluding hydrogens is 276 g/mol. The molecule has 20 heavy (non-hydrogen) atoms. The molecule has 0 aliphatic carbocycles. The van der Waals surface area contributed by atoms with E-state index in [0.29, 0.717) is 11.6 Å². The summed E-state index contributed by atoms with van der Waals surface area (Å²) in [5.41, 5.74) is 1.80. The van der Waals surface area contributed by atoms with E-state index < -0.39 is 5.97 Å². The summed E-state index contributed by atoms with van der Waals surface area (Å²) in [6.07, 6.45) is 1.83. The van der Waals surface area contributed by atoms with Crippen LogP contribution in [0.1, 0.15) is 20.3 Å². The molecule has 0 atom stereocenters. The highest BCUT2D eigenvalue weighted by molar-refractivity contribution is 6.31. The number of carbonyl (C=O) groups is 1. The second-order valence-electron chi connectivity index (χ2n) is 4.92. The standard InChI is InChI=1S/C15H17ClN2O2/c1-10(2)18(8-6-15(19)20)14-5-7-17-13-9-11(16)3-4-12(13)14/h3-5,7,9-10H,6,8H2,1-2H3,(H,19,20). The minimum atomic E-state index is -0.794. The Labute approximate surface area is 123 Å². The summed E-state index contributed by atoms with van der Waals surface area (Å²) in [7, 11) is 0. The molecule has 0 aliphatic rings. The molecule has 0 spiro atoms. The third-order valence-corrected chi connectivity index (χ3v) is 3.42. The molecule has 0 radical (unpaired) electrons. The first-order valence-corrected chi connectivity index (χ1v) is 6.89. The van der Waals surface area contributed by atoms with Gasteiger partial charge < -0.3 is 10.0 Å². The Morgan fingerprint density at radius 2 is 2.15 bits per heavy atom. The van der Waals surface area contributed by atoms with Gasteiger partial charge in [-0.15, -0.1) is 0 Å². The highest BCUT2D eigenvalue weighted by Crippen LogP contribution is 2.28. The zero-order chi connectivity index (χ0) is 14.7. The Hall–Kier alpha value is -1.81. The maximum Gasteiger partial charge on any atom is 0.305 e. The van der Waals surface area contributed by atoms with E-state index in [2.05, 4.69) is 9.88 Å². The number of hydrogen-bond donors (Lipinski definition) is 1. The van der Waals surface area contributed by atoms with Crippen LogP contribution in [0.3, 0.4) is 0 Å².